The van der Waals surface area contributed by atoms with Gasteiger partial charge in [-0.25, -0.2) is 8.42 Å². The van der Waals surface area contributed by atoms with Crippen LogP contribution in [0.4, 0.5) is 5.69 Å². The van der Waals surface area contributed by atoms with Gasteiger partial charge in [-0.05, 0) is 68.3 Å². The van der Waals surface area contributed by atoms with Gasteiger partial charge >= 0.3 is 29.6 Å². The number of hydrogen-bond donors (Lipinski definition) is 0. The fourth-order valence-corrected chi connectivity index (χ4v) is 3.73. The van der Waals surface area contributed by atoms with Crippen LogP contribution in [0.2, 0.25) is 0 Å². The third-order valence-corrected chi connectivity index (χ3v) is 4.56. The fourth-order valence-electron chi connectivity index (χ4n) is 1.90. The summed E-state index contributed by atoms with van der Waals surface area (Å²) in [4.78, 5) is 12.7. The molecule has 0 saturated carbocycles. The number of ketones is 1. The van der Waals surface area contributed by atoms with Gasteiger partial charge in [0.25, 0.3) is 10.4 Å². The SMILES string of the molecule is CN(C)N=Nc1ccc(C(=O)c2c(Br)cc(OS(=O)(=O)[O-])cc2Br)cc1.[Na+]. The minimum atomic E-state index is -4.91. The summed E-state index contributed by atoms with van der Waals surface area (Å²) in [6.07, 6.45) is 0. The van der Waals surface area contributed by atoms with E-state index in [1.54, 1.807) is 43.4 Å². The van der Waals surface area contributed by atoms with Gasteiger partial charge in [-0.15, -0.1) is 5.11 Å². The molecule has 0 bridgehead atoms. The predicted octanol–water partition coefficient (Wildman–Crippen LogP) is 0.846. The third kappa shape index (κ3) is 7.26. The molecule has 0 N–H and O–H groups in total. The maximum absolute atomic E-state index is 12.7. The van der Waals surface area contributed by atoms with Gasteiger partial charge in [0.05, 0.1) is 11.3 Å². The Balaban J connectivity index is 0.00000364. The van der Waals surface area contributed by atoms with Gasteiger partial charge in [-0.1, -0.05) is 5.22 Å². The van der Waals surface area contributed by atoms with Gasteiger partial charge in [-0.2, -0.15) is 0 Å². The maximum atomic E-state index is 12.7. The molecular formula is C15H12Br2N3NaO5S. The molecule has 0 spiro atoms. The third-order valence-electron chi connectivity index (χ3n) is 2.91. The van der Waals surface area contributed by atoms with Gasteiger partial charge in [0, 0.05) is 28.6 Å². The van der Waals surface area contributed by atoms with Crippen molar-refractivity contribution >= 4 is 53.7 Å². The topological polar surface area (TPSA) is 111 Å². The Labute approximate surface area is 195 Å². The average Bonchev–Trinajstić information content (AvgIpc) is 2.51. The second kappa shape index (κ2) is 10.1. The second-order valence-electron chi connectivity index (χ2n) is 5.17. The summed E-state index contributed by atoms with van der Waals surface area (Å²) < 4.78 is 36.9. The number of carbonyl (C=O) groups is 1. The van der Waals surface area contributed by atoms with Crippen LogP contribution in [-0.2, 0) is 10.4 Å². The summed E-state index contributed by atoms with van der Waals surface area (Å²) in [5.41, 5.74) is 1.22. The van der Waals surface area contributed by atoms with Crippen molar-refractivity contribution in [3.63, 3.8) is 0 Å². The van der Waals surface area contributed by atoms with Crippen molar-refractivity contribution in [3.05, 3.63) is 56.5 Å². The Morgan fingerprint density at radius 2 is 1.63 bits per heavy atom. The van der Waals surface area contributed by atoms with E-state index >= 15 is 0 Å². The first kappa shape index (κ1) is 24.2. The summed E-state index contributed by atoms with van der Waals surface area (Å²) in [6.45, 7) is 0. The summed E-state index contributed by atoms with van der Waals surface area (Å²) in [5, 5.41) is 9.38. The van der Waals surface area contributed by atoms with Crippen LogP contribution >= 0.6 is 31.9 Å². The predicted molar refractivity (Wildman–Crippen MR) is 100 cm³/mol. The first-order valence-electron chi connectivity index (χ1n) is 6.95. The van der Waals surface area contributed by atoms with E-state index in [1.165, 1.54) is 12.1 Å². The van der Waals surface area contributed by atoms with Crippen LogP contribution in [0.25, 0.3) is 0 Å². The molecule has 0 atom stereocenters. The van der Waals surface area contributed by atoms with Gasteiger partial charge in [-0.3, -0.25) is 9.80 Å². The largest absolute Gasteiger partial charge is 1.00 e. The molecule has 0 aliphatic rings. The molecule has 12 heteroatoms. The van der Waals surface area contributed by atoms with Gasteiger partial charge in [0.15, 0.2) is 5.78 Å². The van der Waals surface area contributed by atoms with Crippen LogP contribution < -0.4 is 33.7 Å². The number of carbonyl (C=O) groups excluding carboxylic acids is 1. The Morgan fingerprint density at radius 1 is 1.11 bits per heavy atom. The molecule has 2 aromatic carbocycles. The summed E-state index contributed by atoms with van der Waals surface area (Å²) in [7, 11) is -1.44. The average molecular weight is 529 g/mol. The molecule has 0 saturated heterocycles. The quantitative estimate of drug-likeness (QED) is 0.137. The van der Waals surface area contributed by atoms with Crippen molar-refractivity contribution in [2.45, 2.75) is 0 Å². The zero-order valence-electron chi connectivity index (χ0n) is 14.5. The number of halogens is 2. The molecule has 0 amide bonds. The molecule has 0 radical (unpaired) electrons. The van der Waals surface area contributed by atoms with Crippen LogP contribution in [0.3, 0.4) is 0 Å². The Kier molecular flexibility index (Phi) is 9.06. The van der Waals surface area contributed by atoms with Crippen LogP contribution in [0.15, 0.2) is 55.7 Å². The summed E-state index contributed by atoms with van der Waals surface area (Å²) in [6, 6.07) is 8.93. The van der Waals surface area contributed by atoms with E-state index in [2.05, 4.69) is 46.4 Å². The molecule has 0 fully saturated rings. The standard InChI is InChI=1S/C15H13Br2N3O5S.Na/c1-20(2)19-18-10-5-3-9(4-6-10)15(21)14-12(16)7-11(8-13(14)17)25-26(22,23)24;/h3-8H,1-2H3,(H,22,23,24);/q;+1/p-1. The number of hydrogen-bond acceptors (Lipinski definition) is 7. The summed E-state index contributed by atoms with van der Waals surface area (Å²) >= 11 is 6.38. The molecule has 8 nitrogen and oxygen atoms in total. The Morgan fingerprint density at radius 3 is 2.07 bits per heavy atom. The van der Waals surface area contributed by atoms with Crippen LogP contribution in [0, 0.1) is 0 Å². The molecule has 0 heterocycles. The molecule has 0 unspecified atom stereocenters. The molecule has 2 aromatic rings. The smallest absolute Gasteiger partial charge is 0.716 e. The fraction of sp³-hybridized carbons (Fsp3) is 0.133. The number of benzene rings is 2. The molecule has 138 valence electrons. The van der Waals surface area contributed by atoms with E-state index < -0.39 is 10.4 Å². The minimum absolute atomic E-state index is 0. The maximum Gasteiger partial charge on any atom is 1.00 e. The zero-order valence-corrected chi connectivity index (χ0v) is 20.5. The molecule has 27 heavy (non-hydrogen) atoms. The first-order valence-corrected chi connectivity index (χ1v) is 9.87. The monoisotopic (exact) mass is 527 g/mol. The van der Waals surface area contributed by atoms with Crippen molar-refractivity contribution in [1.29, 1.82) is 0 Å². The Hall–Kier alpha value is -0.820. The molecular weight excluding hydrogens is 517 g/mol. The van der Waals surface area contributed by atoms with E-state index in [1.807, 2.05) is 0 Å². The van der Waals surface area contributed by atoms with E-state index in [9.17, 15) is 17.8 Å². The van der Waals surface area contributed by atoms with Crippen molar-refractivity contribution in [1.82, 2.24) is 5.01 Å². The minimum Gasteiger partial charge on any atom is -0.716 e. The first-order chi connectivity index (χ1) is 12.1. The molecule has 0 aromatic heterocycles. The van der Waals surface area contributed by atoms with Crippen LogP contribution in [0.5, 0.6) is 5.75 Å². The summed E-state index contributed by atoms with van der Waals surface area (Å²) in [5.74, 6) is -0.536. The van der Waals surface area contributed by atoms with Gasteiger partial charge in [0.1, 0.15) is 5.75 Å². The van der Waals surface area contributed by atoms with Gasteiger partial charge in [0.2, 0.25) is 0 Å². The second-order valence-corrected chi connectivity index (χ2v) is 7.86. The zero-order chi connectivity index (χ0) is 19.5. The van der Waals surface area contributed by atoms with Gasteiger partial charge < -0.3 is 8.74 Å². The molecule has 0 aliphatic heterocycles. The molecule has 0 aliphatic carbocycles. The Bertz CT molecular complexity index is 943. The van der Waals surface area contributed by atoms with Crippen molar-refractivity contribution < 1.29 is 51.5 Å². The van der Waals surface area contributed by atoms with Crippen molar-refractivity contribution in [2.24, 2.45) is 10.3 Å². The van der Waals surface area contributed by atoms with Crippen LogP contribution in [-0.4, -0.2) is 37.9 Å². The normalized spacial score (nSPS) is 11.1. The number of nitrogens with zero attached hydrogens (tertiary/aromatic N) is 3. The van der Waals surface area contributed by atoms with E-state index in [0.717, 1.165) is 0 Å². The van der Waals surface area contributed by atoms with Crippen molar-refractivity contribution in [3.8, 4) is 5.75 Å². The molecule has 2 rings (SSSR count). The van der Waals surface area contributed by atoms with E-state index in [0.29, 0.717) is 11.3 Å². The van der Waals surface area contributed by atoms with Crippen LogP contribution in [0.1, 0.15) is 15.9 Å². The number of rotatable bonds is 6. The van der Waals surface area contributed by atoms with E-state index in [-0.39, 0.29) is 55.6 Å². The van der Waals surface area contributed by atoms with Crippen molar-refractivity contribution in [2.75, 3.05) is 14.1 Å². The van der Waals surface area contributed by atoms with E-state index in [4.69, 9.17) is 0 Å².